The van der Waals surface area contributed by atoms with Gasteiger partial charge in [0.25, 0.3) is 5.56 Å². The third-order valence-corrected chi connectivity index (χ3v) is 4.09. The molecule has 2 aromatic rings. The maximum atomic E-state index is 11.8. The van der Waals surface area contributed by atoms with Crippen LogP contribution in [0.1, 0.15) is 52.5 Å². The second kappa shape index (κ2) is 5.64. The Bertz CT molecular complexity index is 747. The van der Waals surface area contributed by atoms with Gasteiger partial charge in [-0.05, 0) is 49.8 Å². The lowest BCUT2D eigenvalue weighted by molar-refractivity contribution is 0.101. The van der Waals surface area contributed by atoms with Crippen molar-refractivity contribution in [3.63, 3.8) is 0 Å². The highest BCUT2D eigenvalue weighted by Crippen LogP contribution is 2.22. The summed E-state index contributed by atoms with van der Waals surface area (Å²) < 4.78 is 0. The summed E-state index contributed by atoms with van der Waals surface area (Å²) in [5, 5.41) is 6.85. The molecule has 0 atom stereocenters. The third-order valence-electron chi connectivity index (χ3n) is 4.09. The molecule has 0 spiro atoms. The van der Waals surface area contributed by atoms with Gasteiger partial charge < -0.3 is 0 Å². The number of hydrogen-bond donors (Lipinski definition) is 1. The van der Waals surface area contributed by atoms with Crippen LogP contribution in [-0.2, 0) is 19.3 Å². The summed E-state index contributed by atoms with van der Waals surface area (Å²) in [6.45, 7) is 1.57. The normalized spacial score (nSPS) is 13.8. The first-order chi connectivity index (χ1) is 10.1. The van der Waals surface area contributed by atoms with E-state index in [0.29, 0.717) is 12.0 Å². The molecule has 0 unspecified atom stereocenters. The summed E-state index contributed by atoms with van der Waals surface area (Å²) >= 11 is 0. The van der Waals surface area contributed by atoms with Gasteiger partial charge in [-0.25, -0.2) is 5.10 Å². The molecule has 0 bridgehead atoms. The van der Waals surface area contributed by atoms with Crippen LogP contribution < -0.4 is 5.56 Å². The lowest BCUT2D eigenvalue weighted by Gasteiger charge is -2.17. The van der Waals surface area contributed by atoms with Crippen molar-refractivity contribution in [3.8, 4) is 0 Å². The van der Waals surface area contributed by atoms with Gasteiger partial charge in [-0.1, -0.05) is 18.2 Å². The van der Waals surface area contributed by atoms with Crippen molar-refractivity contribution < 1.29 is 4.79 Å². The molecule has 1 heterocycles. The van der Waals surface area contributed by atoms with Gasteiger partial charge in [-0.15, -0.1) is 0 Å². The lowest BCUT2D eigenvalue weighted by atomic mass is 9.90. The van der Waals surface area contributed by atoms with Gasteiger partial charge >= 0.3 is 0 Å². The number of Topliss-reactive ketones (excluding diaryl/α,β-unsaturated/α-hetero) is 1. The zero-order valence-electron chi connectivity index (χ0n) is 12.1. The van der Waals surface area contributed by atoms with Crippen LogP contribution in [0.3, 0.4) is 0 Å². The van der Waals surface area contributed by atoms with E-state index in [4.69, 9.17) is 0 Å². The standard InChI is InChI=1S/C17H18N2O2/c1-11(20)13-6-4-5-12(9-13)10-16-14-7-2-3-8-15(14)17(21)19-18-16/h4-6,9H,2-3,7-8,10H2,1H3,(H,19,21). The van der Waals surface area contributed by atoms with Gasteiger partial charge in [0, 0.05) is 17.5 Å². The van der Waals surface area contributed by atoms with Gasteiger partial charge in [-0.3, -0.25) is 9.59 Å². The average molecular weight is 282 g/mol. The van der Waals surface area contributed by atoms with Crippen molar-refractivity contribution in [2.24, 2.45) is 0 Å². The smallest absolute Gasteiger partial charge is 0.267 e. The second-order valence-corrected chi connectivity index (χ2v) is 5.60. The van der Waals surface area contributed by atoms with Crippen LogP contribution >= 0.6 is 0 Å². The Morgan fingerprint density at radius 2 is 2.00 bits per heavy atom. The Labute approximate surface area is 123 Å². The van der Waals surface area contributed by atoms with E-state index in [2.05, 4.69) is 10.2 Å². The molecule has 0 radical (unpaired) electrons. The van der Waals surface area contributed by atoms with Gasteiger partial charge in [0.05, 0.1) is 5.69 Å². The number of nitrogens with zero attached hydrogens (tertiary/aromatic N) is 1. The molecule has 0 aliphatic heterocycles. The number of aromatic nitrogens is 2. The number of benzene rings is 1. The molecule has 1 aliphatic rings. The molecule has 0 saturated heterocycles. The fourth-order valence-electron chi connectivity index (χ4n) is 2.97. The van der Waals surface area contributed by atoms with Crippen LogP contribution in [-0.4, -0.2) is 16.0 Å². The Balaban J connectivity index is 1.97. The highest BCUT2D eigenvalue weighted by molar-refractivity contribution is 5.94. The predicted molar refractivity (Wildman–Crippen MR) is 80.8 cm³/mol. The van der Waals surface area contributed by atoms with Gasteiger partial charge in [0.15, 0.2) is 5.78 Å². The van der Waals surface area contributed by atoms with Crippen LogP contribution in [0.5, 0.6) is 0 Å². The molecular weight excluding hydrogens is 264 g/mol. The monoisotopic (exact) mass is 282 g/mol. The van der Waals surface area contributed by atoms with Crippen LogP contribution in [0, 0.1) is 0 Å². The minimum atomic E-state index is -0.0501. The Morgan fingerprint density at radius 3 is 2.76 bits per heavy atom. The van der Waals surface area contributed by atoms with E-state index in [1.807, 2.05) is 24.3 Å². The van der Waals surface area contributed by atoms with Crippen LogP contribution in [0.2, 0.25) is 0 Å². The first-order valence-electron chi connectivity index (χ1n) is 7.34. The third kappa shape index (κ3) is 2.79. The predicted octanol–water partition coefficient (Wildman–Crippen LogP) is 2.44. The molecule has 4 heteroatoms. The summed E-state index contributed by atoms with van der Waals surface area (Å²) in [5.74, 6) is 0.0632. The number of aromatic amines is 1. The van der Waals surface area contributed by atoms with E-state index >= 15 is 0 Å². The number of rotatable bonds is 3. The van der Waals surface area contributed by atoms with Crippen molar-refractivity contribution in [2.75, 3.05) is 0 Å². The molecule has 0 saturated carbocycles. The molecule has 108 valence electrons. The van der Waals surface area contributed by atoms with Crippen molar-refractivity contribution in [1.29, 1.82) is 0 Å². The molecule has 0 amide bonds. The number of nitrogens with one attached hydrogen (secondary N) is 1. The van der Waals surface area contributed by atoms with Crippen molar-refractivity contribution in [3.05, 3.63) is 62.6 Å². The van der Waals surface area contributed by atoms with Crippen LogP contribution in [0.15, 0.2) is 29.1 Å². The molecule has 4 nitrogen and oxygen atoms in total. The maximum Gasteiger partial charge on any atom is 0.267 e. The van der Waals surface area contributed by atoms with Crippen molar-refractivity contribution in [2.45, 2.75) is 39.0 Å². The highest BCUT2D eigenvalue weighted by Gasteiger charge is 2.18. The summed E-state index contributed by atoms with van der Waals surface area (Å²) in [6.07, 6.45) is 4.60. The first kappa shape index (κ1) is 13.7. The summed E-state index contributed by atoms with van der Waals surface area (Å²) in [6, 6.07) is 7.62. The molecule has 0 fully saturated rings. The SMILES string of the molecule is CC(=O)c1cccc(Cc2n[nH]c(=O)c3c2CCCC3)c1. The van der Waals surface area contributed by atoms with Gasteiger partial charge in [-0.2, -0.15) is 5.10 Å². The lowest BCUT2D eigenvalue weighted by Crippen LogP contribution is -2.23. The van der Waals surface area contributed by atoms with Crippen molar-refractivity contribution in [1.82, 2.24) is 10.2 Å². The van der Waals surface area contributed by atoms with Gasteiger partial charge in [0.2, 0.25) is 0 Å². The van der Waals surface area contributed by atoms with E-state index in [0.717, 1.165) is 48.1 Å². The number of fused-ring (bicyclic) bond motifs is 1. The molecule has 21 heavy (non-hydrogen) atoms. The summed E-state index contributed by atoms with van der Waals surface area (Å²) in [5.41, 5.74) is 4.66. The quantitative estimate of drug-likeness (QED) is 0.879. The summed E-state index contributed by atoms with van der Waals surface area (Å²) in [7, 11) is 0. The number of carbonyl (C=O) groups excluding carboxylic acids is 1. The maximum absolute atomic E-state index is 11.8. The van der Waals surface area contributed by atoms with Crippen molar-refractivity contribution >= 4 is 5.78 Å². The molecule has 1 aromatic heterocycles. The number of hydrogen-bond acceptors (Lipinski definition) is 3. The van der Waals surface area contributed by atoms with Crippen LogP contribution in [0.25, 0.3) is 0 Å². The van der Waals surface area contributed by atoms with E-state index in [1.165, 1.54) is 0 Å². The topological polar surface area (TPSA) is 62.8 Å². The molecule has 1 N–H and O–H groups in total. The fourth-order valence-corrected chi connectivity index (χ4v) is 2.97. The molecule has 1 aromatic carbocycles. The summed E-state index contributed by atoms with van der Waals surface area (Å²) in [4.78, 5) is 23.3. The molecular formula is C17H18N2O2. The fraction of sp³-hybridized carbons (Fsp3) is 0.353. The van der Waals surface area contributed by atoms with E-state index in [9.17, 15) is 9.59 Å². The zero-order valence-corrected chi connectivity index (χ0v) is 12.1. The number of carbonyl (C=O) groups is 1. The van der Waals surface area contributed by atoms with E-state index < -0.39 is 0 Å². The average Bonchev–Trinajstić information content (AvgIpc) is 2.51. The Morgan fingerprint density at radius 1 is 1.24 bits per heavy atom. The molecule has 3 rings (SSSR count). The Hall–Kier alpha value is -2.23. The minimum absolute atomic E-state index is 0.0501. The highest BCUT2D eigenvalue weighted by atomic mass is 16.1. The van der Waals surface area contributed by atoms with E-state index in [1.54, 1.807) is 6.92 Å². The van der Waals surface area contributed by atoms with Gasteiger partial charge in [0.1, 0.15) is 0 Å². The van der Waals surface area contributed by atoms with Crippen LogP contribution in [0.4, 0.5) is 0 Å². The van der Waals surface area contributed by atoms with E-state index in [-0.39, 0.29) is 11.3 Å². The first-order valence-corrected chi connectivity index (χ1v) is 7.34. The zero-order chi connectivity index (χ0) is 14.8. The number of H-pyrrole nitrogens is 1. The minimum Gasteiger partial charge on any atom is -0.295 e. The Kier molecular flexibility index (Phi) is 3.69. The molecule has 1 aliphatic carbocycles. The number of ketones is 1. The second-order valence-electron chi connectivity index (χ2n) is 5.60. The largest absolute Gasteiger partial charge is 0.295 e.